The molecule has 0 aromatic heterocycles. The van der Waals surface area contributed by atoms with E-state index in [1.165, 1.54) is 11.3 Å². The van der Waals surface area contributed by atoms with Crippen LogP contribution in [0.3, 0.4) is 0 Å². The summed E-state index contributed by atoms with van der Waals surface area (Å²) in [5.74, 6) is 0. The molecule has 0 amide bonds. The summed E-state index contributed by atoms with van der Waals surface area (Å²) in [6.45, 7) is 5.61. The van der Waals surface area contributed by atoms with Crippen molar-refractivity contribution in [1.82, 2.24) is 5.32 Å². The molecule has 0 saturated carbocycles. The SMILES string of the molecule is [CH2-][NH+](C)C1CNC(C)(C)C1. The van der Waals surface area contributed by atoms with Crippen LogP contribution in [0.25, 0.3) is 0 Å². The van der Waals surface area contributed by atoms with Gasteiger partial charge in [-0.25, -0.2) is 0 Å². The first-order chi connectivity index (χ1) is 4.51. The van der Waals surface area contributed by atoms with Crippen LogP contribution in [-0.2, 0) is 0 Å². The minimum Gasteiger partial charge on any atom is -0.467 e. The van der Waals surface area contributed by atoms with Crippen LogP contribution in [0, 0.1) is 7.05 Å². The van der Waals surface area contributed by atoms with Crippen LogP contribution >= 0.6 is 0 Å². The smallest absolute Gasteiger partial charge is 0.0777 e. The maximum atomic E-state index is 3.96. The Hall–Kier alpha value is -0.0800. The van der Waals surface area contributed by atoms with Gasteiger partial charge < -0.3 is 10.2 Å². The highest BCUT2D eigenvalue weighted by atomic mass is 15.2. The molecule has 0 aliphatic carbocycles. The zero-order chi connectivity index (χ0) is 7.78. The van der Waals surface area contributed by atoms with Crippen molar-refractivity contribution in [2.24, 2.45) is 0 Å². The highest BCUT2D eigenvalue weighted by Crippen LogP contribution is 2.15. The molecule has 2 heteroatoms. The van der Waals surface area contributed by atoms with Gasteiger partial charge in [-0.05, 0) is 13.8 Å². The second kappa shape index (κ2) is 2.51. The van der Waals surface area contributed by atoms with Gasteiger partial charge in [-0.2, -0.15) is 7.05 Å². The van der Waals surface area contributed by atoms with Gasteiger partial charge >= 0.3 is 0 Å². The van der Waals surface area contributed by atoms with E-state index in [0.717, 1.165) is 6.54 Å². The molecule has 1 aliphatic rings. The minimum absolute atomic E-state index is 0.337. The molecule has 1 heterocycles. The van der Waals surface area contributed by atoms with Crippen molar-refractivity contribution in [2.45, 2.75) is 31.8 Å². The highest BCUT2D eigenvalue weighted by molar-refractivity contribution is 4.89. The van der Waals surface area contributed by atoms with E-state index in [1.807, 2.05) is 0 Å². The lowest BCUT2D eigenvalue weighted by molar-refractivity contribution is -0.857. The van der Waals surface area contributed by atoms with Gasteiger partial charge in [-0.3, -0.25) is 0 Å². The first kappa shape index (κ1) is 8.02. The average molecular weight is 142 g/mol. The lowest BCUT2D eigenvalue weighted by Gasteiger charge is -2.23. The molecule has 2 atom stereocenters. The van der Waals surface area contributed by atoms with Crippen molar-refractivity contribution in [1.29, 1.82) is 0 Å². The summed E-state index contributed by atoms with van der Waals surface area (Å²) < 4.78 is 0. The Morgan fingerprint density at radius 3 is 2.40 bits per heavy atom. The van der Waals surface area contributed by atoms with E-state index in [-0.39, 0.29) is 0 Å². The number of hydrogen-bond acceptors (Lipinski definition) is 1. The zero-order valence-corrected chi connectivity index (χ0v) is 7.20. The molecule has 1 fully saturated rings. The molecule has 1 aliphatic heterocycles. The van der Waals surface area contributed by atoms with Gasteiger partial charge in [0.05, 0.1) is 6.04 Å². The van der Waals surface area contributed by atoms with Crippen molar-refractivity contribution < 1.29 is 4.90 Å². The van der Waals surface area contributed by atoms with Gasteiger partial charge in [0.2, 0.25) is 0 Å². The summed E-state index contributed by atoms with van der Waals surface area (Å²) >= 11 is 0. The molecule has 0 bridgehead atoms. The third-order valence-electron chi connectivity index (χ3n) is 2.28. The molecule has 0 spiro atoms. The van der Waals surface area contributed by atoms with E-state index in [2.05, 4.69) is 33.3 Å². The Labute approximate surface area is 63.6 Å². The van der Waals surface area contributed by atoms with Crippen LogP contribution in [0.5, 0.6) is 0 Å². The molecule has 0 aromatic rings. The molecule has 60 valence electrons. The maximum Gasteiger partial charge on any atom is 0.0777 e. The predicted octanol–water partition coefficient (Wildman–Crippen LogP) is -0.567. The van der Waals surface area contributed by atoms with Crippen molar-refractivity contribution in [2.75, 3.05) is 13.6 Å². The number of likely N-dealkylation sites (N-methyl/N-ethyl adjacent to an activating group) is 1. The molecule has 2 unspecified atom stereocenters. The Morgan fingerprint density at radius 2 is 2.20 bits per heavy atom. The van der Waals surface area contributed by atoms with Gasteiger partial charge in [0.15, 0.2) is 0 Å². The van der Waals surface area contributed by atoms with Crippen molar-refractivity contribution in [3.63, 3.8) is 0 Å². The summed E-state index contributed by atoms with van der Waals surface area (Å²) in [6.07, 6.45) is 1.24. The van der Waals surface area contributed by atoms with E-state index in [0.29, 0.717) is 11.6 Å². The molecule has 2 nitrogen and oxygen atoms in total. The van der Waals surface area contributed by atoms with Gasteiger partial charge in [0.1, 0.15) is 0 Å². The van der Waals surface area contributed by atoms with Gasteiger partial charge in [0.25, 0.3) is 0 Å². The lowest BCUT2D eigenvalue weighted by atomic mass is 10.0. The van der Waals surface area contributed by atoms with E-state index in [9.17, 15) is 0 Å². The molecule has 0 aromatic carbocycles. The largest absolute Gasteiger partial charge is 0.467 e. The lowest BCUT2D eigenvalue weighted by Crippen LogP contribution is -3.08. The van der Waals surface area contributed by atoms with E-state index >= 15 is 0 Å². The topological polar surface area (TPSA) is 16.5 Å². The van der Waals surface area contributed by atoms with Crippen LogP contribution in [0.4, 0.5) is 0 Å². The molecule has 10 heavy (non-hydrogen) atoms. The molecule has 1 saturated heterocycles. The second-order valence-electron chi connectivity index (χ2n) is 4.01. The van der Waals surface area contributed by atoms with Gasteiger partial charge in [0, 0.05) is 25.6 Å². The van der Waals surface area contributed by atoms with Crippen LogP contribution in [0.1, 0.15) is 20.3 Å². The van der Waals surface area contributed by atoms with Crippen molar-refractivity contribution >= 4 is 0 Å². The van der Waals surface area contributed by atoms with E-state index in [4.69, 9.17) is 0 Å². The first-order valence-electron chi connectivity index (χ1n) is 3.92. The summed E-state index contributed by atoms with van der Waals surface area (Å²) in [5.41, 5.74) is 0.337. The number of rotatable bonds is 1. The molecule has 1 rings (SSSR count). The molecule has 2 N–H and O–H groups in total. The van der Waals surface area contributed by atoms with Gasteiger partial charge in [-0.15, -0.1) is 0 Å². The van der Waals surface area contributed by atoms with Crippen LogP contribution in [0.2, 0.25) is 0 Å². The Kier molecular flexibility index (Phi) is 2.02. The maximum absolute atomic E-state index is 3.96. The van der Waals surface area contributed by atoms with Crippen LogP contribution < -0.4 is 10.2 Å². The molecule has 0 radical (unpaired) electrons. The number of nitrogens with one attached hydrogen (secondary N) is 2. The fourth-order valence-electron chi connectivity index (χ4n) is 1.51. The Bertz CT molecular complexity index is 118. The van der Waals surface area contributed by atoms with E-state index < -0.39 is 0 Å². The third kappa shape index (κ3) is 1.70. The van der Waals surface area contributed by atoms with Gasteiger partial charge in [-0.1, -0.05) is 0 Å². The van der Waals surface area contributed by atoms with Crippen LogP contribution in [0.15, 0.2) is 0 Å². The highest BCUT2D eigenvalue weighted by Gasteiger charge is 2.31. The van der Waals surface area contributed by atoms with Crippen molar-refractivity contribution in [3.8, 4) is 0 Å². The van der Waals surface area contributed by atoms with Crippen molar-refractivity contribution in [3.05, 3.63) is 7.05 Å². The number of hydrogen-bond donors (Lipinski definition) is 2. The normalized spacial score (nSPS) is 34.2. The quantitative estimate of drug-likeness (QED) is 0.469. The third-order valence-corrected chi connectivity index (χ3v) is 2.28. The monoisotopic (exact) mass is 142 g/mol. The number of quaternary nitrogens is 1. The Morgan fingerprint density at radius 1 is 1.60 bits per heavy atom. The van der Waals surface area contributed by atoms with E-state index in [1.54, 1.807) is 0 Å². The summed E-state index contributed by atoms with van der Waals surface area (Å²) in [5, 5.41) is 3.47. The Balaban J connectivity index is 2.43. The summed E-state index contributed by atoms with van der Waals surface area (Å²) in [7, 11) is 6.08. The first-order valence-corrected chi connectivity index (χ1v) is 3.92. The predicted molar refractivity (Wildman–Crippen MR) is 42.7 cm³/mol. The standard InChI is InChI=1S/C8H18N2/c1-8(2)5-7(6-9-8)10(3)4/h7,9-10H,3,5-6H2,1-2,4H3. The zero-order valence-electron chi connectivity index (χ0n) is 7.20. The molecular formula is C8H18N2. The molecular weight excluding hydrogens is 124 g/mol. The fourth-order valence-corrected chi connectivity index (χ4v) is 1.51. The summed E-state index contributed by atoms with van der Waals surface area (Å²) in [6, 6.07) is 0.704. The average Bonchev–Trinajstić information content (AvgIpc) is 2.10. The second-order valence-corrected chi connectivity index (χ2v) is 4.01. The van der Waals surface area contributed by atoms with Crippen LogP contribution in [-0.4, -0.2) is 25.2 Å². The minimum atomic E-state index is 0.337. The fraction of sp³-hybridized carbons (Fsp3) is 0.875. The summed E-state index contributed by atoms with van der Waals surface area (Å²) in [4.78, 5) is 1.32.